The fourth-order valence-electron chi connectivity index (χ4n) is 1.68. The molecule has 2 rings (SSSR count). The fraction of sp³-hybridized carbons (Fsp3) is 0.231. The predicted octanol–water partition coefficient (Wildman–Crippen LogP) is 3.20. The van der Waals surface area contributed by atoms with Gasteiger partial charge in [0.2, 0.25) is 0 Å². The molecule has 0 fully saturated rings. The monoisotopic (exact) mass is 266 g/mol. The highest BCUT2D eigenvalue weighted by molar-refractivity contribution is 7.80. The quantitative estimate of drug-likeness (QED) is 0.863. The highest BCUT2D eigenvalue weighted by atomic mass is 32.1. The van der Waals surface area contributed by atoms with E-state index in [4.69, 9.17) is 0 Å². The predicted molar refractivity (Wildman–Crippen MR) is 69.7 cm³/mol. The van der Waals surface area contributed by atoms with Crippen LogP contribution in [0.3, 0.4) is 0 Å². The number of hydrogen-bond acceptors (Lipinski definition) is 3. The molecule has 1 aromatic carbocycles. The van der Waals surface area contributed by atoms with Gasteiger partial charge >= 0.3 is 0 Å². The first-order chi connectivity index (χ1) is 8.60. The smallest absolute Gasteiger partial charge is 0.135 e. The summed E-state index contributed by atoms with van der Waals surface area (Å²) >= 11 is 4.12. The first kappa shape index (κ1) is 13.0. The molecule has 0 atom stereocenters. The van der Waals surface area contributed by atoms with Gasteiger partial charge < -0.3 is 0 Å². The molecule has 94 valence electrons. The zero-order chi connectivity index (χ0) is 13.1. The lowest BCUT2D eigenvalue weighted by molar-refractivity contribution is 0.585. The highest BCUT2D eigenvalue weighted by Gasteiger charge is 2.10. The van der Waals surface area contributed by atoms with Crippen LogP contribution in [0.25, 0.3) is 11.3 Å². The van der Waals surface area contributed by atoms with Gasteiger partial charge in [-0.25, -0.2) is 18.7 Å². The largest absolute Gasteiger partial charge is 0.238 e. The SMILES string of the molecule is Cc1cc(-c2ccc(F)cc2F)nc(CCS)n1. The molecule has 0 unspecified atom stereocenters. The average molecular weight is 266 g/mol. The number of nitrogens with zero attached hydrogens (tertiary/aromatic N) is 2. The highest BCUT2D eigenvalue weighted by Crippen LogP contribution is 2.22. The van der Waals surface area contributed by atoms with Crippen LogP contribution in [0, 0.1) is 18.6 Å². The van der Waals surface area contributed by atoms with Gasteiger partial charge in [-0.2, -0.15) is 12.6 Å². The Hall–Kier alpha value is -1.49. The van der Waals surface area contributed by atoms with E-state index in [0.717, 1.165) is 11.8 Å². The van der Waals surface area contributed by atoms with Crippen molar-refractivity contribution in [1.82, 2.24) is 9.97 Å². The maximum absolute atomic E-state index is 13.7. The fourth-order valence-corrected chi connectivity index (χ4v) is 1.88. The molecule has 0 aliphatic carbocycles. The van der Waals surface area contributed by atoms with Gasteiger partial charge in [0.25, 0.3) is 0 Å². The summed E-state index contributed by atoms with van der Waals surface area (Å²) < 4.78 is 26.5. The van der Waals surface area contributed by atoms with Crippen molar-refractivity contribution in [3.63, 3.8) is 0 Å². The molecule has 0 aliphatic rings. The molecule has 0 saturated carbocycles. The van der Waals surface area contributed by atoms with E-state index >= 15 is 0 Å². The molecular formula is C13H12F2N2S. The number of hydrogen-bond donors (Lipinski definition) is 1. The van der Waals surface area contributed by atoms with Crippen LogP contribution in [0.2, 0.25) is 0 Å². The average Bonchev–Trinajstić information content (AvgIpc) is 2.28. The molecule has 0 spiro atoms. The van der Waals surface area contributed by atoms with Crippen molar-refractivity contribution in [2.24, 2.45) is 0 Å². The van der Waals surface area contributed by atoms with E-state index in [2.05, 4.69) is 22.6 Å². The van der Waals surface area contributed by atoms with E-state index in [0.29, 0.717) is 23.7 Å². The van der Waals surface area contributed by atoms with Crippen molar-refractivity contribution in [3.05, 3.63) is 47.4 Å². The first-order valence-electron chi connectivity index (χ1n) is 5.51. The minimum atomic E-state index is -0.620. The van der Waals surface area contributed by atoms with Crippen LogP contribution in [-0.2, 0) is 6.42 Å². The van der Waals surface area contributed by atoms with Gasteiger partial charge in [0.15, 0.2) is 0 Å². The van der Waals surface area contributed by atoms with Crippen molar-refractivity contribution in [3.8, 4) is 11.3 Å². The number of aryl methyl sites for hydroxylation is 2. The van der Waals surface area contributed by atoms with E-state index in [1.807, 2.05) is 6.92 Å². The Morgan fingerprint density at radius 2 is 1.94 bits per heavy atom. The summed E-state index contributed by atoms with van der Waals surface area (Å²) in [7, 11) is 0. The second kappa shape index (κ2) is 5.44. The summed E-state index contributed by atoms with van der Waals surface area (Å²) in [5.74, 6) is 0.0145. The van der Waals surface area contributed by atoms with Crippen molar-refractivity contribution in [2.75, 3.05) is 5.75 Å². The third kappa shape index (κ3) is 2.85. The molecule has 18 heavy (non-hydrogen) atoms. The minimum absolute atomic E-state index is 0.280. The molecule has 0 saturated heterocycles. The van der Waals surface area contributed by atoms with Gasteiger partial charge in [-0.1, -0.05) is 0 Å². The first-order valence-corrected chi connectivity index (χ1v) is 6.14. The standard InChI is InChI=1S/C13H12F2N2S/c1-8-6-12(17-13(16-8)4-5-18)10-3-2-9(14)7-11(10)15/h2-3,6-7,18H,4-5H2,1H3. The number of halogens is 2. The molecule has 0 bridgehead atoms. The molecule has 1 heterocycles. The van der Waals surface area contributed by atoms with Crippen LogP contribution in [0.5, 0.6) is 0 Å². The van der Waals surface area contributed by atoms with Gasteiger partial charge in [-0.05, 0) is 30.9 Å². The topological polar surface area (TPSA) is 25.8 Å². The summed E-state index contributed by atoms with van der Waals surface area (Å²) in [5.41, 5.74) is 1.50. The minimum Gasteiger partial charge on any atom is -0.238 e. The van der Waals surface area contributed by atoms with E-state index in [1.165, 1.54) is 12.1 Å². The molecule has 5 heteroatoms. The molecule has 0 aliphatic heterocycles. The van der Waals surface area contributed by atoms with Gasteiger partial charge in [0.05, 0.1) is 5.69 Å². The van der Waals surface area contributed by atoms with Gasteiger partial charge in [0.1, 0.15) is 17.5 Å². The second-order valence-electron chi connectivity index (χ2n) is 3.91. The number of thiol groups is 1. The normalized spacial score (nSPS) is 10.7. The Bertz CT molecular complexity index is 573. The summed E-state index contributed by atoms with van der Waals surface area (Å²) in [6.45, 7) is 1.81. The van der Waals surface area contributed by atoms with Crippen LogP contribution in [0.4, 0.5) is 8.78 Å². The molecule has 0 amide bonds. The third-order valence-corrected chi connectivity index (χ3v) is 2.67. The summed E-state index contributed by atoms with van der Waals surface area (Å²) in [4.78, 5) is 8.50. The molecule has 1 aromatic heterocycles. The van der Waals surface area contributed by atoms with Gasteiger partial charge in [0, 0.05) is 23.7 Å². The second-order valence-corrected chi connectivity index (χ2v) is 4.36. The van der Waals surface area contributed by atoms with E-state index in [1.54, 1.807) is 6.07 Å². The summed E-state index contributed by atoms with van der Waals surface area (Å²) in [6, 6.07) is 5.13. The maximum Gasteiger partial charge on any atom is 0.135 e. The van der Waals surface area contributed by atoms with E-state index < -0.39 is 11.6 Å². The Kier molecular flexibility index (Phi) is 3.91. The van der Waals surface area contributed by atoms with Crippen LogP contribution in [0.15, 0.2) is 24.3 Å². The number of aromatic nitrogens is 2. The Morgan fingerprint density at radius 1 is 1.17 bits per heavy atom. The summed E-state index contributed by atoms with van der Waals surface area (Å²) in [5, 5.41) is 0. The Morgan fingerprint density at radius 3 is 2.61 bits per heavy atom. The van der Waals surface area contributed by atoms with Gasteiger partial charge in [-0.3, -0.25) is 0 Å². The van der Waals surface area contributed by atoms with E-state index in [-0.39, 0.29) is 5.56 Å². The number of rotatable bonds is 3. The third-order valence-electron chi connectivity index (χ3n) is 2.44. The Balaban J connectivity index is 2.49. The van der Waals surface area contributed by atoms with Crippen LogP contribution >= 0.6 is 12.6 Å². The molecule has 2 aromatic rings. The maximum atomic E-state index is 13.7. The van der Waals surface area contributed by atoms with Crippen molar-refractivity contribution in [1.29, 1.82) is 0 Å². The Labute approximate surface area is 110 Å². The lowest BCUT2D eigenvalue weighted by Crippen LogP contribution is -2.01. The summed E-state index contributed by atoms with van der Waals surface area (Å²) in [6.07, 6.45) is 0.612. The molecule has 0 N–H and O–H groups in total. The number of benzene rings is 1. The van der Waals surface area contributed by atoms with Crippen molar-refractivity contribution in [2.45, 2.75) is 13.3 Å². The zero-order valence-electron chi connectivity index (χ0n) is 9.82. The molecule has 0 radical (unpaired) electrons. The van der Waals surface area contributed by atoms with Crippen LogP contribution in [-0.4, -0.2) is 15.7 Å². The lowest BCUT2D eigenvalue weighted by Gasteiger charge is -2.06. The van der Waals surface area contributed by atoms with Crippen molar-refractivity contribution < 1.29 is 8.78 Å². The van der Waals surface area contributed by atoms with Crippen LogP contribution in [0.1, 0.15) is 11.5 Å². The van der Waals surface area contributed by atoms with Gasteiger partial charge in [-0.15, -0.1) is 0 Å². The lowest BCUT2D eigenvalue weighted by atomic mass is 10.1. The van der Waals surface area contributed by atoms with Crippen LogP contribution < -0.4 is 0 Å². The zero-order valence-corrected chi connectivity index (χ0v) is 10.7. The van der Waals surface area contributed by atoms with Crippen molar-refractivity contribution >= 4 is 12.6 Å². The van der Waals surface area contributed by atoms with E-state index in [9.17, 15) is 8.78 Å². The molecular weight excluding hydrogens is 254 g/mol. The molecule has 2 nitrogen and oxygen atoms in total.